The minimum Gasteiger partial charge on any atom is -0.349 e. The van der Waals surface area contributed by atoms with Crippen LogP contribution in [0.2, 0.25) is 0 Å². The molecule has 0 spiro atoms. The van der Waals surface area contributed by atoms with Gasteiger partial charge in [0.25, 0.3) is 0 Å². The van der Waals surface area contributed by atoms with E-state index in [1.54, 1.807) is 4.98 Å². The Morgan fingerprint density at radius 3 is 1.74 bits per heavy atom. The van der Waals surface area contributed by atoms with Crippen LogP contribution >= 0.6 is 0 Å². The average molecular weight is 548 g/mol. The number of aromatic amines is 1. The Balaban J connectivity index is 1.87. The molecular weight excluding hydrogens is 534 g/mol. The molecule has 0 aliphatic rings. The molecule has 0 aliphatic heterocycles. The van der Waals surface area contributed by atoms with Gasteiger partial charge in [-0.15, -0.1) is 0 Å². The maximum atomic E-state index is 14.6. The monoisotopic (exact) mass is 548 g/mol. The lowest BCUT2D eigenvalue weighted by atomic mass is 9.84. The Kier molecular flexibility index (Phi) is 6.48. The van der Waals surface area contributed by atoms with Crippen molar-refractivity contribution in [2.45, 2.75) is 31.6 Å². The summed E-state index contributed by atoms with van der Waals surface area (Å²) in [4.78, 5) is 12.7. The molecule has 0 atom stereocenters. The zero-order valence-electron chi connectivity index (χ0n) is 19.2. The number of rotatable bonds is 4. The molecule has 4 aromatic heterocycles. The Labute approximate surface area is 207 Å². The van der Waals surface area contributed by atoms with Gasteiger partial charge in [0.1, 0.15) is 17.3 Å². The van der Waals surface area contributed by atoms with Crippen LogP contribution in [0, 0.1) is 23.5 Å². The van der Waals surface area contributed by atoms with E-state index in [4.69, 9.17) is 0 Å². The number of hydrogen-bond donors (Lipinski definition) is 1. The Morgan fingerprint density at radius 2 is 1.21 bits per heavy atom. The highest BCUT2D eigenvalue weighted by Crippen LogP contribution is 2.42. The van der Waals surface area contributed by atoms with Gasteiger partial charge in [-0.2, -0.15) is 40.1 Å². The molecule has 0 radical (unpaired) electrons. The summed E-state index contributed by atoms with van der Waals surface area (Å²) in [5, 5.41) is 0. The molecule has 4 nitrogen and oxygen atoms in total. The summed E-state index contributed by atoms with van der Waals surface area (Å²) < 4.78 is 136. The van der Waals surface area contributed by atoms with Crippen LogP contribution in [0.1, 0.15) is 36.5 Å². The van der Waals surface area contributed by atoms with Crippen LogP contribution in [0.25, 0.3) is 22.6 Å². The predicted molar refractivity (Wildman–Crippen MR) is 113 cm³/mol. The highest BCUT2D eigenvalue weighted by Gasteiger charge is 2.42. The number of halogens is 10. The van der Waals surface area contributed by atoms with E-state index in [1.807, 2.05) is 0 Å². The topological polar surface area (TPSA) is 54.5 Å². The van der Waals surface area contributed by atoms with E-state index in [0.717, 1.165) is 30.3 Å². The minimum atomic E-state index is -5.24. The van der Waals surface area contributed by atoms with Crippen LogP contribution in [-0.4, -0.2) is 19.9 Å². The second kappa shape index (κ2) is 9.10. The standard InChI is InChI=1S/C24H14F10N4/c1-22(2,16-7-10(25)5-14(35-16)12-3-4-19(27)38-21(12)28)17-8-11(26)6-15(36-17)20-13(23(29,30)31)9-18(37-20)24(32,33)34/h3-9,37H,1-2H3. The van der Waals surface area contributed by atoms with Gasteiger partial charge >= 0.3 is 12.4 Å². The smallest absolute Gasteiger partial charge is 0.349 e. The van der Waals surface area contributed by atoms with Gasteiger partial charge in [-0.1, -0.05) is 0 Å². The van der Waals surface area contributed by atoms with E-state index in [9.17, 15) is 43.9 Å². The second-order valence-corrected chi connectivity index (χ2v) is 8.68. The van der Waals surface area contributed by atoms with Crippen molar-refractivity contribution in [2.75, 3.05) is 0 Å². The molecule has 14 heteroatoms. The maximum absolute atomic E-state index is 14.6. The maximum Gasteiger partial charge on any atom is 0.431 e. The second-order valence-electron chi connectivity index (χ2n) is 8.68. The first-order chi connectivity index (χ1) is 17.5. The van der Waals surface area contributed by atoms with Crippen LogP contribution in [0.3, 0.4) is 0 Å². The molecule has 0 saturated heterocycles. The highest BCUT2D eigenvalue weighted by atomic mass is 19.4. The number of nitrogens with one attached hydrogen (secondary N) is 1. The summed E-state index contributed by atoms with van der Waals surface area (Å²) in [5.74, 6) is -4.54. The Hall–Kier alpha value is -3.97. The lowest BCUT2D eigenvalue weighted by molar-refractivity contribution is -0.142. The minimum absolute atomic E-state index is 0.154. The Morgan fingerprint density at radius 1 is 0.658 bits per heavy atom. The first-order valence-corrected chi connectivity index (χ1v) is 10.5. The fraction of sp³-hybridized carbons (Fsp3) is 0.208. The molecule has 0 unspecified atom stereocenters. The molecule has 1 N–H and O–H groups in total. The molecule has 0 aromatic carbocycles. The summed E-state index contributed by atoms with van der Waals surface area (Å²) in [5.41, 5.74) is -8.19. The molecule has 0 fully saturated rings. The van der Waals surface area contributed by atoms with Crippen LogP contribution in [0.15, 0.2) is 42.5 Å². The first kappa shape index (κ1) is 27.1. The molecule has 4 aromatic rings. The van der Waals surface area contributed by atoms with Crippen molar-refractivity contribution in [1.29, 1.82) is 0 Å². The quantitative estimate of drug-likeness (QED) is 0.213. The predicted octanol–water partition coefficient (Wildman–Crippen LogP) is 7.45. The molecule has 0 saturated carbocycles. The van der Waals surface area contributed by atoms with Crippen molar-refractivity contribution >= 4 is 0 Å². The SMILES string of the molecule is CC(C)(c1cc(F)cc(-c2ccc(F)nc2F)n1)c1cc(F)cc(-c2[nH]c(C(F)(F)F)cc2C(F)(F)F)n1. The average Bonchev–Trinajstić information content (AvgIpc) is 3.25. The van der Waals surface area contributed by atoms with E-state index in [1.165, 1.54) is 13.8 Å². The van der Waals surface area contributed by atoms with Crippen molar-refractivity contribution in [3.05, 3.63) is 88.6 Å². The number of hydrogen-bond acceptors (Lipinski definition) is 3. The molecule has 0 bridgehead atoms. The van der Waals surface area contributed by atoms with E-state index >= 15 is 0 Å². The van der Waals surface area contributed by atoms with Crippen molar-refractivity contribution in [2.24, 2.45) is 0 Å². The fourth-order valence-electron chi connectivity index (χ4n) is 3.67. The molecule has 4 rings (SSSR count). The van der Waals surface area contributed by atoms with Gasteiger partial charge in [-0.25, -0.2) is 8.78 Å². The molecule has 0 amide bonds. The van der Waals surface area contributed by atoms with Crippen molar-refractivity contribution in [1.82, 2.24) is 19.9 Å². The number of aromatic nitrogens is 4. The first-order valence-electron chi connectivity index (χ1n) is 10.5. The molecular formula is C24H14F10N4. The summed E-state index contributed by atoms with van der Waals surface area (Å²) in [6.45, 7) is 2.67. The van der Waals surface area contributed by atoms with Crippen LogP contribution in [0.5, 0.6) is 0 Å². The van der Waals surface area contributed by atoms with Gasteiger partial charge in [0.15, 0.2) is 0 Å². The van der Waals surface area contributed by atoms with E-state index in [-0.39, 0.29) is 28.7 Å². The van der Waals surface area contributed by atoms with Crippen molar-refractivity contribution < 1.29 is 43.9 Å². The zero-order valence-corrected chi connectivity index (χ0v) is 19.2. The van der Waals surface area contributed by atoms with Gasteiger partial charge < -0.3 is 4.98 Å². The number of H-pyrrole nitrogens is 1. The van der Waals surface area contributed by atoms with Gasteiger partial charge in [0.2, 0.25) is 11.9 Å². The van der Waals surface area contributed by atoms with Crippen LogP contribution in [-0.2, 0) is 17.8 Å². The molecule has 0 aliphatic carbocycles. The van der Waals surface area contributed by atoms with E-state index in [2.05, 4.69) is 15.0 Å². The van der Waals surface area contributed by atoms with E-state index < -0.39 is 63.9 Å². The third-order valence-electron chi connectivity index (χ3n) is 5.64. The number of pyridine rings is 3. The Bertz CT molecular complexity index is 1520. The van der Waals surface area contributed by atoms with Gasteiger partial charge in [-0.05, 0) is 44.2 Å². The normalized spacial score (nSPS) is 12.7. The van der Waals surface area contributed by atoms with Crippen molar-refractivity contribution in [3.8, 4) is 22.6 Å². The van der Waals surface area contributed by atoms with Crippen LogP contribution in [0.4, 0.5) is 43.9 Å². The molecule has 38 heavy (non-hydrogen) atoms. The van der Waals surface area contributed by atoms with E-state index in [0.29, 0.717) is 6.07 Å². The highest BCUT2D eigenvalue weighted by molar-refractivity contribution is 5.63. The van der Waals surface area contributed by atoms with Gasteiger partial charge in [0, 0.05) is 17.5 Å². The summed E-state index contributed by atoms with van der Waals surface area (Å²) >= 11 is 0. The summed E-state index contributed by atoms with van der Waals surface area (Å²) in [6, 6.07) is 4.59. The molecule has 200 valence electrons. The largest absolute Gasteiger partial charge is 0.431 e. The van der Waals surface area contributed by atoms with Crippen LogP contribution < -0.4 is 0 Å². The lowest BCUT2D eigenvalue weighted by Gasteiger charge is -2.25. The van der Waals surface area contributed by atoms with Gasteiger partial charge in [-0.3, -0.25) is 9.97 Å². The number of alkyl halides is 6. The lowest BCUT2D eigenvalue weighted by Crippen LogP contribution is -2.23. The van der Waals surface area contributed by atoms with Crippen molar-refractivity contribution in [3.63, 3.8) is 0 Å². The third-order valence-corrected chi connectivity index (χ3v) is 5.64. The number of nitrogens with zero attached hydrogens (tertiary/aromatic N) is 3. The summed E-state index contributed by atoms with van der Waals surface area (Å²) in [7, 11) is 0. The zero-order chi connectivity index (χ0) is 28.2. The summed E-state index contributed by atoms with van der Waals surface area (Å²) in [6.07, 6.45) is -10.4. The molecule has 4 heterocycles. The third kappa shape index (κ3) is 5.20. The fourth-order valence-corrected chi connectivity index (χ4v) is 3.67. The van der Waals surface area contributed by atoms with Gasteiger partial charge in [0.05, 0.1) is 39.6 Å².